The number of benzene rings is 1. The first-order valence-corrected chi connectivity index (χ1v) is 6.50. The van der Waals surface area contributed by atoms with Crippen LogP contribution in [-0.4, -0.2) is 51.5 Å². The summed E-state index contributed by atoms with van der Waals surface area (Å²) in [5.74, 6) is -1.39. The van der Waals surface area contributed by atoms with Gasteiger partial charge in [-0.15, -0.1) is 0 Å². The molecule has 4 nitrogen and oxygen atoms in total. The molecule has 6 heteroatoms. The Morgan fingerprint density at radius 2 is 2.15 bits per heavy atom. The Labute approximate surface area is 117 Å². The number of methoxy groups -OCH3 is 1. The number of rotatable bonds is 5. The normalized spacial score (nSPS) is 19.4. The van der Waals surface area contributed by atoms with E-state index in [1.165, 1.54) is 13.2 Å². The first-order chi connectivity index (χ1) is 9.61. The molecular formula is C14H19F2NO3. The quantitative estimate of drug-likeness (QED) is 0.826. The largest absolute Gasteiger partial charge is 0.496 e. The lowest BCUT2D eigenvalue weighted by atomic mass is 10.1. The molecule has 0 unspecified atom stereocenters. The van der Waals surface area contributed by atoms with Gasteiger partial charge in [-0.1, -0.05) is 0 Å². The molecule has 0 amide bonds. The lowest BCUT2D eigenvalue weighted by Gasteiger charge is -2.27. The van der Waals surface area contributed by atoms with Crippen LogP contribution in [0.15, 0.2) is 12.1 Å². The highest BCUT2D eigenvalue weighted by Gasteiger charge is 2.20. The summed E-state index contributed by atoms with van der Waals surface area (Å²) in [4.78, 5) is 1.86. The molecule has 0 bridgehead atoms. The zero-order valence-corrected chi connectivity index (χ0v) is 11.7. The van der Waals surface area contributed by atoms with Crippen molar-refractivity contribution in [2.45, 2.75) is 12.6 Å². The highest BCUT2D eigenvalue weighted by Crippen LogP contribution is 2.25. The van der Waals surface area contributed by atoms with Gasteiger partial charge in [0.2, 0.25) is 0 Å². The van der Waals surface area contributed by atoms with Gasteiger partial charge in [-0.2, -0.15) is 0 Å². The Hall–Kier alpha value is -1.24. The van der Waals surface area contributed by atoms with E-state index in [0.717, 1.165) is 6.07 Å². The fourth-order valence-corrected chi connectivity index (χ4v) is 2.24. The van der Waals surface area contributed by atoms with Crippen molar-refractivity contribution in [3.8, 4) is 5.75 Å². The van der Waals surface area contributed by atoms with Crippen molar-refractivity contribution in [2.75, 3.05) is 40.5 Å². The van der Waals surface area contributed by atoms with Crippen molar-refractivity contribution in [2.24, 2.45) is 0 Å². The van der Waals surface area contributed by atoms with Crippen LogP contribution in [0.25, 0.3) is 0 Å². The maximum atomic E-state index is 13.9. The average molecular weight is 287 g/mol. The van der Waals surface area contributed by atoms with E-state index in [2.05, 4.69) is 0 Å². The van der Waals surface area contributed by atoms with E-state index in [1.54, 1.807) is 0 Å². The molecule has 0 N–H and O–H groups in total. The van der Waals surface area contributed by atoms with Gasteiger partial charge in [0.25, 0.3) is 0 Å². The van der Waals surface area contributed by atoms with Gasteiger partial charge in [0.15, 0.2) is 11.6 Å². The van der Waals surface area contributed by atoms with Crippen LogP contribution in [0.4, 0.5) is 8.78 Å². The SMILES string of the molecule is COc1ccc(F)c(F)c1CN(C)C[C@@H]1COCCO1. The van der Waals surface area contributed by atoms with Crippen LogP contribution >= 0.6 is 0 Å². The first-order valence-electron chi connectivity index (χ1n) is 6.50. The highest BCUT2D eigenvalue weighted by molar-refractivity contribution is 5.35. The molecule has 1 aromatic carbocycles. The molecular weight excluding hydrogens is 268 g/mol. The molecule has 1 aliphatic rings. The van der Waals surface area contributed by atoms with Gasteiger partial charge in [0, 0.05) is 18.7 Å². The molecule has 1 aromatic rings. The Morgan fingerprint density at radius 1 is 1.35 bits per heavy atom. The van der Waals surface area contributed by atoms with Crippen molar-refractivity contribution in [3.05, 3.63) is 29.3 Å². The zero-order valence-electron chi connectivity index (χ0n) is 11.7. The maximum absolute atomic E-state index is 13.9. The summed E-state index contributed by atoms with van der Waals surface area (Å²) in [7, 11) is 3.26. The van der Waals surface area contributed by atoms with Gasteiger partial charge >= 0.3 is 0 Å². The monoisotopic (exact) mass is 287 g/mol. The van der Waals surface area contributed by atoms with Crippen molar-refractivity contribution < 1.29 is 23.0 Å². The van der Waals surface area contributed by atoms with Crippen LogP contribution in [0.5, 0.6) is 5.75 Å². The summed E-state index contributed by atoms with van der Waals surface area (Å²) < 4.78 is 43.1. The van der Waals surface area contributed by atoms with E-state index in [9.17, 15) is 8.78 Å². The molecule has 1 aliphatic heterocycles. The van der Waals surface area contributed by atoms with Gasteiger partial charge in [-0.3, -0.25) is 4.90 Å². The molecule has 0 aromatic heterocycles. The second-order valence-corrected chi connectivity index (χ2v) is 4.81. The summed E-state index contributed by atoms with van der Waals surface area (Å²) in [5.41, 5.74) is 0.215. The minimum absolute atomic E-state index is 0.0450. The minimum Gasteiger partial charge on any atom is -0.496 e. The zero-order chi connectivity index (χ0) is 14.5. The Balaban J connectivity index is 2.02. The third kappa shape index (κ3) is 3.65. The number of likely N-dealkylation sites (N-methyl/N-ethyl adjacent to an activating group) is 1. The van der Waals surface area contributed by atoms with E-state index in [0.29, 0.717) is 32.1 Å². The molecule has 0 saturated carbocycles. The van der Waals surface area contributed by atoms with E-state index in [-0.39, 0.29) is 18.2 Å². The predicted octanol–water partition coefficient (Wildman–Crippen LogP) is 1.82. The smallest absolute Gasteiger partial charge is 0.167 e. The van der Waals surface area contributed by atoms with Crippen molar-refractivity contribution in [1.29, 1.82) is 0 Å². The lowest BCUT2D eigenvalue weighted by molar-refractivity contribution is -0.0963. The molecule has 0 aliphatic carbocycles. The Morgan fingerprint density at radius 3 is 2.80 bits per heavy atom. The minimum atomic E-state index is -0.869. The van der Waals surface area contributed by atoms with Crippen LogP contribution in [-0.2, 0) is 16.0 Å². The highest BCUT2D eigenvalue weighted by atomic mass is 19.2. The Kier molecular flexibility index (Phi) is 5.28. The number of hydrogen-bond donors (Lipinski definition) is 0. The van der Waals surface area contributed by atoms with Crippen LogP contribution in [0.3, 0.4) is 0 Å². The van der Waals surface area contributed by atoms with Gasteiger partial charge in [-0.25, -0.2) is 8.78 Å². The second kappa shape index (κ2) is 6.97. The molecule has 0 spiro atoms. The topological polar surface area (TPSA) is 30.9 Å². The van der Waals surface area contributed by atoms with Gasteiger partial charge in [0.1, 0.15) is 5.75 Å². The number of ether oxygens (including phenoxy) is 3. The van der Waals surface area contributed by atoms with E-state index < -0.39 is 11.6 Å². The molecule has 112 valence electrons. The fourth-order valence-electron chi connectivity index (χ4n) is 2.24. The number of nitrogens with zero attached hydrogens (tertiary/aromatic N) is 1. The summed E-state index contributed by atoms with van der Waals surface area (Å²) in [5, 5.41) is 0. The van der Waals surface area contributed by atoms with Crippen LogP contribution < -0.4 is 4.74 Å². The lowest BCUT2D eigenvalue weighted by Crippen LogP contribution is -2.38. The van der Waals surface area contributed by atoms with E-state index >= 15 is 0 Å². The van der Waals surface area contributed by atoms with Crippen LogP contribution in [0.2, 0.25) is 0 Å². The molecule has 1 heterocycles. The Bertz CT molecular complexity index is 450. The van der Waals surface area contributed by atoms with E-state index in [4.69, 9.17) is 14.2 Å². The molecule has 1 atom stereocenters. The van der Waals surface area contributed by atoms with Crippen molar-refractivity contribution in [1.82, 2.24) is 4.90 Å². The van der Waals surface area contributed by atoms with Gasteiger partial charge in [-0.05, 0) is 19.2 Å². The summed E-state index contributed by atoms with van der Waals surface area (Å²) >= 11 is 0. The summed E-state index contributed by atoms with van der Waals surface area (Å²) in [6.07, 6.45) is -0.0450. The standard InChI is InChI=1S/C14H19F2NO3/c1-17(7-10-9-19-5-6-20-10)8-11-13(18-2)4-3-12(15)14(11)16/h3-4,10H,5-9H2,1-2H3/t10-/m1/s1. The summed E-state index contributed by atoms with van der Waals surface area (Å²) in [6.45, 7) is 2.52. The second-order valence-electron chi connectivity index (χ2n) is 4.81. The first kappa shape index (κ1) is 15.2. The van der Waals surface area contributed by atoms with Gasteiger partial charge < -0.3 is 14.2 Å². The molecule has 20 heavy (non-hydrogen) atoms. The third-order valence-electron chi connectivity index (χ3n) is 3.20. The summed E-state index contributed by atoms with van der Waals surface area (Å²) in [6, 6.07) is 2.50. The molecule has 0 radical (unpaired) electrons. The van der Waals surface area contributed by atoms with Crippen molar-refractivity contribution >= 4 is 0 Å². The number of hydrogen-bond acceptors (Lipinski definition) is 4. The van der Waals surface area contributed by atoms with E-state index in [1.807, 2.05) is 11.9 Å². The van der Waals surface area contributed by atoms with Crippen LogP contribution in [0.1, 0.15) is 5.56 Å². The molecule has 2 rings (SSSR count). The van der Waals surface area contributed by atoms with Crippen molar-refractivity contribution in [3.63, 3.8) is 0 Å². The van der Waals surface area contributed by atoms with Crippen LogP contribution in [0, 0.1) is 11.6 Å². The predicted molar refractivity (Wildman–Crippen MR) is 69.8 cm³/mol. The fraction of sp³-hybridized carbons (Fsp3) is 0.571. The van der Waals surface area contributed by atoms with Gasteiger partial charge in [0.05, 0.1) is 33.0 Å². The average Bonchev–Trinajstić information content (AvgIpc) is 2.45. The third-order valence-corrected chi connectivity index (χ3v) is 3.20. The maximum Gasteiger partial charge on any atom is 0.167 e. The molecule has 1 fully saturated rings. The molecule has 1 saturated heterocycles. The number of halogens is 2.